The van der Waals surface area contributed by atoms with Crippen LogP contribution in [0.4, 0.5) is 0 Å². The number of unbranched alkanes of at least 4 members (excludes halogenated alkanes) is 1. The number of likely N-dealkylation sites (tertiary alicyclic amines) is 1. The average Bonchev–Trinajstić information content (AvgIpc) is 3.45. The van der Waals surface area contributed by atoms with Crippen LogP contribution >= 0.6 is 0 Å². The van der Waals surface area contributed by atoms with Gasteiger partial charge in [-0.2, -0.15) is 0 Å². The number of ether oxygens (including phenoxy) is 3. The van der Waals surface area contributed by atoms with Gasteiger partial charge in [-0.1, -0.05) is 31.2 Å². The van der Waals surface area contributed by atoms with Crippen LogP contribution in [-0.4, -0.2) is 62.1 Å². The minimum Gasteiger partial charge on any atom is -0.872 e. The molecule has 2 unspecified atom stereocenters. The number of carbonyl (C=O) groups is 2. The van der Waals surface area contributed by atoms with E-state index in [1.807, 2.05) is 32.0 Å². The van der Waals surface area contributed by atoms with Gasteiger partial charge in [-0.3, -0.25) is 9.59 Å². The van der Waals surface area contributed by atoms with Crippen molar-refractivity contribution in [2.75, 3.05) is 39.4 Å². The van der Waals surface area contributed by atoms with Crippen LogP contribution in [0.15, 0.2) is 42.0 Å². The van der Waals surface area contributed by atoms with E-state index in [0.29, 0.717) is 55.4 Å². The van der Waals surface area contributed by atoms with Gasteiger partial charge in [-0.25, -0.2) is 0 Å². The Bertz CT molecular complexity index is 1250. The number of ketones is 1. The van der Waals surface area contributed by atoms with Crippen molar-refractivity contribution >= 4 is 17.4 Å². The Morgan fingerprint density at radius 1 is 1.05 bits per heavy atom. The van der Waals surface area contributed by atoms with Crippen LogP contribution in [0.2, 0.25) is 0 Å². The first-order valence-electron chi connectivity index (χ1n) is 14.6. The van der Waals surface area contributed by atoms with Crippen LogP contribution in [0.5, 0.6) is 17.2 Å². The maximum absolute atomic E-state index is 14.0. The standard InChI is InChI=1S/C32H42N2O6/c1-6-10-17-39-26-14-11-22(20-27(26)38-9-4)29-28(31(36)32(37)34(29)16-15-33(7-2)8-3)30(35)23-12-13-25-24(19-23)18-21(5)40-25/h11-14,19-21,29,35H,6-10,15-18H2,1-5H3. The third-order valence-electron chi connectivity index (χ3n) is 7.73. The largest absolute Gasteiger partial charge is 0.872 e. The van der Waals surface area contributed by atoms with Gasteiger partial charge in [0, 0.05) is 12.0 Å². The number of benzene rings is 2. The molecule has 1 amide bonds. The monoisotopic (exact) mass is 550 g/mol. The summed E-state index contributed by atoms with van der Waals surface area (Å²) in [5.41, 5.74) is 1.95. The zero-order valence-electron chi connectivity index (χ0n) is 24.4. The fraction of sp³-hybridized carbons (Fsp3) is 0.500. The summed E-state index contributed by atoms with van der Waals surface area (Å²) in [7, 11) is 0. The summed E-state index contributed by atoms with van der Waals surface area (Å²) < 4.78 is 17.7. The van der Waals surface area contributed by atoms with Crippen LogP contribution in [-0.2, 0) is 16.0 Å². The number of fused-ring (bicyclic) bond motifs is 1. The van der Waals surface area contributed by atoms with Gasteiger partial charge in [0.25, 0.3) is 5.91 Å². The lowest BCUT2D eigenvalue weighted by Gasteiger charge is -2.29. The summed E-state index contributed by atoms with van der Waals surface area (Å²) in [6.07, 6.45) is 2.64. The lowest BCUT2D eigenvalue weighted by Crippen LogP contribution is -3.12. The van der Waals surface area contributed by atoms with E-state index in [9.17, 15) is 14.7 Å². The molecule has 0 spiro atoms. The quantitative estimate of drug-likeness (QED) is 0.179. The molecule has 8 nitrogen and oxygen atoms in total. The highest BCUT2D eigenvalue weighted by molar-refractivity contribution is 6.46. The van der Waals surface area contributed by atoms with Gasteiger partial charge in [-0.05, 0) is 75.1 Å². The highest BCUT2D eigenvalue weighted by atomic mass is 16.5. The van der Waals surface area contributed by atoms with Crippen molar-refractivity contribution in [1.29, 1.82) is 0 Å². The summed E-state index contributed by atoms with van der Waals surface area (Å²) >= 11 is 0. The van der Waals surface area contributed by atoms with Crippen molar-refractivity contribution in [3.8, 4) is 17.2 Å². The summed E-state index contributed by atoms with van der Waals surface area (Å²) in [6.45, 7) is 14.0. The van der Waals surface area contributed by atoms with E-state index < -0.39 is 23.5 Å². The number of likely N-dealkylation sites (N-methyl/N-ethyl adjacent to an activating group) is 1. The molecule has 0 aromatic heterocycles. The number of quaternary nitrogens is 1. The topological polar surface area (TPSA) is 92.6 Å². The van der Waals surface area contributed by atoms with E-state index in [1.54, 1.807) is 23.1 Å². The minimum atomic E-state index is -0.810. The fourth-order valence-corrected chi connectivity index (χ4v) is 5.46. The number of Topliss-reactive ketones (excluding diaryl/α,β-unsaturated/α-hetero) is 1. The molecular weight excluding hydrogens is 508 g/mol. The molecule has 216 valence electrons. The van der Waals surface area contributed by atoms with E-state index in [0.717, 1.165) is 37.2 Å². The van der Waals surface area contributed by atoms with E-state index >= 15 is 0 Å². The molecule has 2 aromatic rings. The van der Waals surface area contributed by atoms with Crippen molar-refractivity contribution in [2.24, 2.45) is 0 Å². The highest BCUT2D eigenvalue weighted by Gasteiger charge is 2.44. The first kappa shape index (κ1) is 29.5. The minimum absolute atomic E-state index is 0.0199. The van der Waals surface area contributed by atoms with Crippen LogP contribution in [0.25, 0.3) is 5.76 Å². The van der Waals surface area contributed by atoms with E-state index in [1.165, 1.54) is 4.90 Å². The predicted molar refractivity (Wildman–Crippen MR) is 152 cm³/mol. The van der Waals surface area contributed by atoms with Gasteiger partial charge in [0.2, 0.25) is 5.78 Å². The van der Waals surface area contributed by atoms with Crippen molar-refractivity contribution in [2.45, 2.75) is 66.0 Å². The predicted octanol–water partition coefficient (Wildman–Crippen LogP) is 2.74. The Kier molecular flexibility index (Phi) is 9.74. The Labute approximate surface area is 237 Å². The van der Waals surface area contributed by atoms with Gasteiger partial charge in [0.1, 0.15) is 11.9 Å². The molecular formula is C32H42N2O6. The number of rotatable bonds is 13. The van der Waals surface area contributed by atoms with E-state index in [4.69, 9.17) is 14.2 Å². The molecule has 2 aliphatic rings. The maximum Gasteiger partial charge on any atom is 0.295 e. The number of nitrogens with one attached hydrogen (secondary N) is 1. The van der Waals surface area contributed by atoms with Crippen molar-refractivity contribution in [1.82, 2.24) is 4.90 Å². The van der Waals surface area contributed by atoms with Gasteiger partial charge in [-0.15, -0.1) is 0 Å². The normalized spacial score (nSPS) is 19.7. The van der Waals surface area contributed by atoms with Gasteiger partial charge in [0.15, 0.2) is 11.5 Å². The zero-order chi connectivity index (χ0) is 28.8. The summed E-state index contributed by atoms with van der Waals surface area (Å²) in [5.74, 6) is 0.0881. The van der Waals surface area contributed by atoms with Crippen molar-refractivity contribution in [3.63, 3.8) is 0 Å². The lowest BCUT2D eigenvalue weighted by molar-refractivity contribution is -0.895. The van der Waals surface area contributed by atoms with Crippen LogP contribution in [0, 0.1) is 0 Å². The smallest absolute Gasteiger partial charge is 0.295 e. The summed E-state index contributed by atoms with van der Waals surface area (Å²) in [6, 6.07) is 9.90. The molecule has 1 fully saturated rings. The number of nitrogens with zero attached hydrogens (tertiary/aromatic N) is 1. The van der Waals surface area contributed by atoms with Crippen molar-refractivity contribution in [3.05, 3.63) is 58.7 Å². The van der Waals surface area contributed by atoms with Gasteiger partial charge in [0.05, 0.1) is 45.4 Å². The lowest BCUT2D eigenvalue weighted by atomic mass is 9.94. The molecule has 0 bridgehead atoms. The van der Waals surface area contributed by atoms with Gasteiger partial charge < -0.3 is 29.1 Å². The highest BCUT2D eigenvalue weighted by Crippen LogP contribution is 2.42. The zero-order valence-corrected chi connectivity index (χ0v) is 24.4. The maximum atomic E-state index is 14.0. The van der Waals surface area contributed by atoms with Crippen molar-refractivity contribution < 1.29 is 33.8 Å². The summed E-state index contributed by atoms with van der Waals surface area (Å²) in [5, 5.41) is 14.0. The second-order valence-corrected chi connectivity index (χ2v) is 10.5. The molecule has 2 aromatic carbocycles. The SMILES string of the molecule is CCCCOc1ccc(C2C(=C([O-])c3ccc4c(c3)CC(C)O4)C(=O)C(=O)N2CC[NH+](CC)CC)cc1OCC. The van der Waals surface area contributed by atoms with Crippen LogP contribution < -0.4 is 24.2 Å². The van der Waals surface area contributed by atoms with E-state index in [2.05, 4.69) is 20.8 Å². The number of hydrogen-bond donors (Lipinski definition) is 1. The second kappa shape index (κ2) is 13.2. The van der Waals surface area contributed by atoms with Crippen LogP contribution in [0.3, 0.4) is 0 Å². The molecule has 2 atom stereocenters. The molecule has 1 N–H and O–H groups in total. The van der Waals surface area contributed by atoms with Gasteiger partial charge >= 0.3 is 0 Å². The first-order chi connectivity index (χ1) is 19.3. The summed E-state index contributed by atoms with van der Waals surface area (Å²) in [4.78, 5) is 29.8. The second-order valence-electron chi connectivity index (χ2n) is 10.5. The molecule has 0 aliphatic carbocycles. The molecule has 40 heavy (non-hydrogen) atoms. The molecule has 4 rings (SSSR count). The number of amides is 1. The molecule has 2 aliphatic heterocycles. The van der Waals surface area contributed by atoms with E-state index in [-0.39, 0.29) is 11.7 Å². The first-order valence-corrected chi connectivity index (χ1v) is 14.6. The molecule has 0 saturated carbocycles. The Morgan fingerprint density at radius 3 is 2.52 bits per heavy atom. The average molecular weight is 551 g/mol. The Hall–Kier alpha value is -3.52. The molecule has 1 saturated heterocycles. The fourth-order valence-electron chi connectivity index (χ4n) is 5.46. The Morgan fingerprint density at radius 2 is 1.82 bits per heavy atom. The number of carbonyl (C=O) groups excluding carboxylic acids is 2. The molecule has 8 heteroatoms. The Balaban J connectivity index is 1.79. The molecule has 2 heterocycles. The molecule has 0 radical (unpaired) electrons. The third-order valence-corrected chi connectivity index (χ3v) is 7.73. The van der Waals surface area contributed by atoms with Crippen LogP contribution in [0.1, 0.15) is 70.2 Å². The number of hydrogen-bond acceptors (Lipinski definition) is 6. The third kappa shape index (κ3) is 6.12.